The number of halogens is 4. The van der Waals surface area contributed by atoms with Crippen LogP contribution < -0.4 is 0 Å². The largest absolute Gasteiger partial charge is 0.511 e. The molecule has 0 aliphatic heterocycles. The maximum atomic E-state index is 12.1. The van der Waals surface area contributed by atoms with Crippen molar-refractivity contribution in [1.29, 1.82) is 21.0 Å². The van der Waals surface area contributed by atoms with Gasteiger partial charge in [-0.1, -0.05) is 280 Å². The Balaban J connectivity index is 0.000000314. The van der Waals surface area contributed by atoms with E-state index >= 15 is 0 Å². The lowest BCUT2D eigenvalue weighted by molar-refractivity contribution is -0.0757. The number of aromatic nitrogens is 8. The van der Waals surface area contributed by atoms with Gasteiger partial charge in [-0.2, -0.15) is 41.4 Å². The Hall–Kier alpha value is -11.9. The summed E-state index contributed by atoms with van der Waals surface area (Å²) in [6.45, 7) is 51.0. The lowest BCUT2D eigenvalue weighted by Gasteiger charge is -2.21. The molecule has 0 N–H and O–H groups in total. The fourth-order valence-electron chi connectivity index (χ4n) is 12.7. The summed E-state index contributed by atoms with van der Waals surface area (Å²) in [5, 5.41) is 59.1. The average molecular weight is 1910 g/mol. The minimum Gasteiger partial charge on any atom is -0.451 e. The first-order valence-electron chi connectivity index (χ1n) is 44.0. The van der Waals surface area contributed by atoms with Crippen LogP contribution in [0.1, 0.15) is 281 Å². The Morgan fingerprint density at radius 3 is 0.759 bits per heavy atom. The van der Waals surface area contributed by atoms with Crippen molar-refractivity contribution >= 4 is 116 Å². The van der Waals surface area contributed by atoms with Crippen molar-refractivity contribution < 1.29 is 76.0 Å². The molecule has 5 atom stereocenters. The van der Waals surface area contributed by atoms with Gasteiger partial charge in [0.25, 0.3) is 0 Å². The number of carbonyl (C=O) groups is 4. The van der Waals surface area contributed by atoms with Gasteiger partial charge in [-0.05, 0) is 126 Å². The lowest BCUT2D eigenvalue weighted by Crippen LogP contribution is -2.22. The number of unbranched alkanes of at least 4 members (excludes halogenated alkanes) is 3. The van der Waals surface area contributed by atoms with E-state index in [1.165, 1.54) is 9.36 Å². The third-order valence-corrected chi connectivity index (χ3v) is 22.1. The van der Waals surface area contributed by atoms with Gasteiger partial charge in [-0.15, -0.1) is 0 Å². The first-order chi connectivity index (χ1) is 62.2. The number of nitriles is 4. The molecule has 4 aromatic carbocycles. The van der Waals surface area contributed by atoms with Crippen molar-refractivity contribution in [3.8, 4) is 24.3 Å². The van der Waals surface area contributed by atoms with E-state index in [2.05, 4.69) is 135 Å². The van der Waals surface area contributed by atoms with Crippen molar-refractivity contribution in [2.24, 2.45) is 34.1 Å². The number of aryl methyl sites for hydroxylation is 8. The summed E-state index contributed by atoms with van der Waals surface area (Å²) in [4.78, 5) is 48.1. The quantitative estimate of drug-likeness (QED) is 0.00972. The normalized spacial score (nSPS) is 13.3. The number of allylic oxidation sites excluding steroid dienone is 4. The van der Waals surface area contributed by atoms with Crippen molar-refractivity contribution in [3.05, 3.63) is 207 Å². The highest BCUT2D eigenvalue weighted by molar-refractivity contribution is 6.34. The van der Waals surface area contributed by atoms with Crippen LogP contribution in [-0.4, -0.2) is 115 Å². The van der Waals surface area contributed by atoms with Gasteiger partial charge in [-0.3, -0.25) is 18.7 Å². The van der Waals surface area contributed by atoms with E-state index in [4.69, 9.17) is 103 Å². The molecule has 0 radical (unpaired) electrons. The number of hydrogen-bond acceptors (Lipinski definition) is 24. The second kappa shape index (κ2) is 50.8. The lowest BCUT2D eigenvalue weighted by atomic mass is 9.86. The summed E-state index contributed by atoms with van der Waals surface area (Å²) in [6.07, 6.45) is -2.77. The molecule has 0 aliphatic carbocycles. The van der Waals surface area contributed by atoms with Gasteiger partial charge in [0, 0.05) is 55.9 Å². The highest BCUT2D eigenvalue weighted by Crippen LogP contribution is 2.41. The molecular weight excluding hydrogens is 1780 g/mol. The molecule has 133 heavy (non-hydrogen) atoms. The monoisotopic (exact) mass is 1910 g/mol. The van der Waals surface area contributed by atoms with Crippen LogP contribution in [0.3, 0.4) is 0 Å². The molecule has 28 nitrogen and oxygen atoms in total. The van der Waals surface area contributed by atoms with Crippen LogP contribution in [0.25, 0.3) is 45.3 Å². The number of benzene rings is 4. The van der Waals surface area contributed by atoms with Gasteiger partial charge in [0.05, 0.1) is 62.7 Å². The van der Waals surface area contributed by atoms with Gasteiger partial charge >= 0.3 is 24.6 Å². The minimum absolute atomic E-state index is 0.0304. The summed E-state index contributed by atoms with van der Waals surface area (Å²) in [5.74, 6) is 0.839. The van der Waals surface area contributed by atoms with Gasteiger partial charge in [-0.25, -0.2) is 19.2 Å². The standard InChI is InChI=1S/C26H34ClN3O4.3C25H32ClN3O4/c1-8-9-10-15-32-25(31)34-18(3)33-24(23-22(27)17(2)29-30(23)7)21(16-28)19-11-13-20(14-12-19)26(4,5)6;1-15(2)14-31-24(30)33-17(4)32-23(22-21(26)16(3)28-29(22)8)20(13-27)18-9-11-19(12-10-18)25(5,6)7;1-9-15(2)31-24(30)33-17(4)32-23(22-21(26)16(3)28-29(22)8)20(14-27)18-10-12-19(13-11-18)25(5,6)7;1-8-9-14-31-24(30)33-17(3)32-23(22-21(26)16(2)28-29(22)7)20(15-27)18-10-12-19(13-11-18)25(4,5)6/h11-14,18H,8-10,15H2,1-7H3;9-12,15,17H,14H2,1-8H3;10-13,15,17H,9H2,1-8H3;10-13,17H,8-9,14H2,1-7H3/b24-21-;3*23-20-. The van der Waals surface area contributed by atoms with E-state index < -0.39 is 49.8 Å². The Kier molecular flexibility index (Phi) is 42.6. The molecule has 0 saturated carbocycles. The molecule has 0 saturated heterocycles. The number of hydrogen-bond donors (Lipinski definition) is 0. The number of rotatable bonds is 31. The molecule has 0 fully saturated rings. The molecule has 0 bridgehead atoms. The molecule has 0 amide bonds. The van der Waals surface area contributed by atoms with Crippen LogP contribution in [0.2, 0.25) is 20.1 Å². The molecule has 4 heterocycles. The van der Waals surface area contributed by atoms with Crippen LogP contribution in [0, 0.1) is 78.9 Å². The second-order valence-corrected chi connectivity index (χ2v) is 37.6. The fraction of sp³-hybridized carbons (Fsp3) is 0.485. The SMILES string of the molecule is CCC(C)OC(=O)OC(C)O/C(=C(/C#N)c1ccc(C(C)(C)C)cc1)c1c(Cl)c(C)nn1C.CCCCCOC(=O)OC(C)O/C(=C(/C#N)c1ccc(C(C)(C)C)cc1)c1c(Cl)c(C)nn1C.CCCCOC(=O)OC(C)O/C(=C(/C#N)c1ccc(C(C)(C)C)cc1)c1c(Cl)c(C)nn1C.Cc1nn(C)c(/C(OC(C)OC(=O)OCC(C)C)=C(\C#N)c2ccc(C(C)(C)C)cc2)c1Cl. The van der Waals surface area contributed by atoms with E-state index in [1.807, 2.05) is 125 Å². The van der Waals surface area contributed by atoms with Crippen LogP contribution in [0.4, 0.5) is 19.2 Å². The van der Waals surface area contributed by atoms with Gasteiger partial charge in [0.2, 0.25) is 25.2 Å². The first kappa shape index (κ1) is 112. The number of carbonyl (C=O) groups excluding carboxylic acids is 4. The zero-order valence-corrected chi connectivity index (χ0v) is 85.5. The highest BCUT2D eigenvalue weighted by Gasteiger charge is 2.33. The molecule has 5 unspecified atom stereocenters. The molecular formula is C101H130Cl4N12O16. The van der Waals surface area contributed by atoms with E-state index in [1.54, 1.807) is 99.9 Å². The van der Waals surface area contributed by atoms with Crippen molar-refractivity contribution in [2.75, 3.05) is 19.8 Å². The molecule has 8 rings (SSSR count). The second-order valence-electron chi connectivity index (χ2n) is 36.1. The zero-order chi connectivity index (χ0) is 100. The zero-order valence-electron chi connectivity index (χ0n) is 82.5. The predicted molar refractivity (Wildman–Crippen MR) is 518 cm³/mol. The Morgan fingerprint density at radius 1 is 0.338 bits per heavy atom. The van der Waals surface area contributed by atoms with Crippen LogP contribution in [-0.2, 0) is 107 Å². The predicted octanol–water partition coefficient (Wildman–Crippen LogP) is 25.8. The molecule has 8 aromatic rings. The maximum absolute atomic E-state index is 12.1. The van der Waals surface area contributed by atoms with E-state index in [-0.39, 0.29) is 98.8 Å². The number of nitrogens with zero attached hydrogens (tertiary/aromatic N) is 12. The average Bonchev–Trinajstić information content (AvgIpc) is 1.63. The molecule has 0 spiro atoms. The van der Waals surface area contributed by atoms with Crippen LogP contribution in [0.15, 0.2) is 97.1 Å². The molecule has 718 valence electrons. The van der Waals surface area contributed by atoms with E-state index in [0.717, 1.165) is 54.4 Å². The van der Waals surface area contributed by atoms with E-state index in [0.29, 0.717) is 94.3 Å². The first-order valence-corrected chi connectivity index (χ1v) is 45.6. The molecule has 4 aromatic heterocycles. The van der Waals surface area contributed by atoms with Crippen LogP contribution in [0.5, 0.6) is 0 Å². The summed E-state index contributed by atoms with van der Waals surface area (Å²) in [6, 6.07) is 39.6. The topological polar surface area (TPSA) is 345 Å². The third-order valence-electron chi connectivity index (χ3n) is 20.2. The van der Waals surface area contributed by atoms with Gasteiger partial charge < -0.3 is 56.8 Å². The van der Waals surface area contributed by atoms with Crippen molar-refractivity contribution in [3.63, 3.8) is 0 Å². The van der Waals surface area contributed by atoms with Crippen molar-refractivity contribution in [2.45, 2.75) is 271 Å². The Morgan fingerprint density at radius 2 is 0.564 bits per heavy atom. The van der Waals surface area contributed by atoms with Crippen molar-refractivity contribution in [1.82, 2.24) is 39.1 Å². The summed E-state index contributed by atoms with van der Waals surface area (Å²) >= 11 is 26.1. The molecule has 32 heteroatoms. The summed E-state index contributed by atoms with van der Waals surface area (Å²) < 4.78 is 71.5. The minimum atomic E-state index is -1.04. The van der Waals surface area contributed by atoms with Gasteiger partial charge in [0.1, 0.15) is 75.4 Å². The third kappa shape index (κ3) is 32.8. The number of ether oxygens (including phenoxy) is 12. The summed E-state index contributed by atoms with van der Waals surface area (Å²) in [7, 11) is 6.83. The Bertz CT molecular complexity index is 5590. The highest BCUT2D eigenvalue weighted by atomic mass is 35.5. The summed E-state index contributed by atoms with van der Waals surface area (Å²) in [5.41, 5.74) is 12.0. The van der Waals surface area contributed by atoms with E-state index in [9.17, 15) is 40.2 Å². The fourth-order valence-corrected chi connectivity index (χ4v) is 13.7. The smallest absolute Gasteiger partial charge is 0.451 e. The Labute approximate surface area is 804 Å². The maximum Gasteiger partial charge on any atom is 0.511 e. The van der Waals surface area contributed by atoms with Gasteiger partial charge in [0.15, 0.2) is 23.0 Å². The molecule has 0 aliphatic rings. The van der Waals surface area contributed by atoms with Crippen LogP contribution >= 0.6 is 46.4 Å².